The number of aromatic nitrogens is 1. The number of halogens is 2. The summed E-state index contributed by atoms with van der Waals surface area (Å²) in [4.78, 5) is 52.6. The summed E-state index contributed by atoms with van der Waals surface area (Å²) < 4.78 is 4.82. The lowest BCUT2D eigenvalue weighted by Gasteiger charge is -2.27. The monoisotopic (exact) mass is 472 g/mol. The molecule has 3 rings (SSSR count). The number of hydrogen-bond acceptors (Lipinski definition) is 5. The summed E-state index contributed by atoms with van der Waals surface area (Å²) in [5.41, 5.74) is 0.131. The molecule has 2 aliphatic rings. The molecule has 4 N–H and O–H groups in total. The number of methoxy groups -OCH3 is 1. The summed E-state index contributed by atoms with van der Waals surface area (Å²) in [6.07, 6.45) is 3.96. The Bertz CT molecular complexity index is 835. The summed E-state index contributed by atoms with van der Waals surface area (Å²) in [5, 5.41) is 8.46. The highest BCUT2D eigenvalue weighted by Crippen LogP contribution is 2.33. The minimum atomic E-state index is -0.987. The van der Waals surface area contributed by atoms with Crippen LogP contribution in [0.3, 0.4) is 0 Å². The Labute approximate surface area is 189 Å². The van der Waals surface area contributed by atoms with Crippen LogP contribution in [0.2, 0.25) is 10.2 Å². The second-order valence-electron chi connectivity index (χ2n) is 8.00. The second-order valence-corrected chi connectivity index (χ2v) is 8.79. The zero-order chi connectivity index (χ0) is 22.5. The Kier molecular flexibility index (Phi) is 7.83. The summed E-state index contributed by atoms with van der Waals surface area (Å²) in [7, 11) is 1.23. The summed E-state index contributed by atoms with van der Waals surface area (Å²) in [6, 6.07) is -0.461. The predicted molar refractivity (Wildman–Crippen MR) is 114 cm³/mol. The van der Waals surface area contributed by atoms with E-state index in [0.717, 1.165) is 19.3 Å². The highest BCUT2D eigenvalue weighted by molar-refractivity contribution is 6.41. The fourth-order valence-electron chi connectivity index (χ4n) is 3.65. The lowest BCUT2D eigenvalue weighted by molar-refractivity contribution is -0.146. The Balaban J connectivity index is 1.68. The van der Waals surface area contributed by atoms with Gasteiger partial charge in [-0.25, -0.2) is 4.79 Å². The molecule has 0 spiro atoms. The number of esters is 1. The third kappa shape index (κ3) is 6.36. The van der Waals surface area contributed by atoms with Crippen molar-refractivity contribution in [3.05, 3.63) is 21.9 Å². The fourth-order valence-corrected chi connectivity index (χ4v) is 3.97. The normalized spacial score (nSPS) is 20.4. The highest BCUT2D eigenvalue weighted by atomic mass is 35.5. The minimum Gasteiger partial charge on any atom is -0.467 e. The quantitative estimate of drug-likeness (QED) is 0.407. The number of H-pyrrole nitrogens is 1. The van der Waals surface area contributed by atoms with Crippen molar-refractivity contribution in [1.29, 1.82) is 0 Å². The largest absolute Gasteiger partial charge is 0.467 e. The number of amides is 3. The third-order valence-electron chi connectivity index (χ3n) is 5.58. The number of carbonyl (C=O) groups excluding carboxylic acids is 4. The average molecular weight is 473 g/mol. The van der Waals surface area contributed by atoms with E-state index in [1.165, 1.54) is 13.2 Å². The summed E-state index contributed by atoms with van der Waals surface area (Å²) in [5.74, 6) is -1.87. The number of nitrogens with one attached hydrogen (secondary N) is 4. The maximum Gasteiger partial charge on any atom is 0.328 e. The van der Waals surface area contributed by atoms with Gasteiger partial charge in [-0.1, -0.05) is 36.0 Å². The number of hydrogen-bond donors (Lipinski definition) is 4. The molecule has 1 aromatic rings. The first-order chi connectivity index (χ1) is 14.8. The second kappa shape index (κ2) is 10.4. The van der Waals surface area contributed by atoms with Gasteiger partial charge in [0.1, 0.15) is 22.9 Å². The molecule has 1 saturated heterocycles. The first kappa shape index (κ1) is 23.4. The molecular weight excluding hydrogens is 447 g/mol. The first-order valence-electron chi connectivity index (χ1n) is 10.3. The van der Waals surface area contributed by atoms with Crippen molar-refractivity contribution in [3.8, 4) is 0 Å². The van der Waals surface area contributed by atoms with E-state index < -0.39 is 35.8 Å². The summed E-state index contributed by atoms with van der Waals surface area (Å²) >= 11 is 11.7. The average Bonchev–Trinajstić information content (AvgIpc) is 3.50. The van der Waals surface area contributed by atoms with Gasteiger partial charge in [-0.2, -0.15) is 0 Å². The van der Waals surface area contributed by atoms with Gasteiger partial charge < -0.3 is 25.7 Å². The smallest absolute Gasteiger partial charge is 0.328 e. The highest BCUT2D eigenvalue weighted by Gasteiger charge is 2.35. The zero-order valence-corrected chi connectivity index (χ0v) is 18.6. The van der Waals surface area contributed by atoms with Gasteiger partial charge in [-0.05, 0) is 37.7 Å². The maximum atomic E-state index is 13.0. The van der Waals surface area contributed by atoms with Crippen LogP contribution < -0.4 is 16.0 Å². The van der Waals surface area contributed by atoms with Crippen LogP contribution in [-0.2, 0) is 19.1 Å². The summed E-state index contributed by atoms with van der Waals surface area (Å²) in [6.45, 7) is 0.604. The molecule has 2 heterocycles. The van der Waals surface area contributed by atoms with E-state index in [1.54, 1.807) is 0 Å². The minimum absolute atomic E-state index is 0.131. The van der Waals surface area contributed by atoms with Crippen molar-refractivity contribution in [3.63, 3.8) is 0 Å². The maximum absolute atomic E-state index is 13.0. The van der Waals surface area contributed by atoms with Crippen LogP contribution in [0.5, 0.6) is 0 Å². The molecule has 31 heavy (non-hydrogen) atoms. The van der Waals surface area contributed by atoms with Gasteiger partial charge >= 0.3 is 5.97 Å². The predicted octanol–water partition coefficient (Wildman–Crippen LogP) is 1.79. The molecule has 0 bridgehead atoms. The van der Waals surface area contributed by atoms with Crippen LogP contribution >= 0.6 is 23.2 Å². The van der Waals surface area contributed by atoms with Gasteiger partial charge in [0.25, 0.3) is 5.91 Å². The van der Waals surface area contributed by atoms with Gasteiger partial charge in [0, 0.05) is 12.5 Å². The molecule has 1 aliphatic heterocycles. The van der Waals surface area contributed by atoms with Gasteiger partial charge in [0.2, 0.25) is 11.8 Å². The molecule has 0 unspecified atom stereocenters. The van der Waals surface area contributed by atoms with E-state index in [0.29, 0.717) is 25.3 Å². The van der Waals surface area contributed by atoms with E-state index in [4.69, 9.17) is 27.9 Å². The lowest BCUT2D eigenvalue weighted by Crippen LogP contribution is -2.53. The topological polar surface area (TPSA) is 129 Å². The molecule has 3 amide bonds. The van der Waals surface area contributed by atoms with Crippen molar-refractivity contribution in [1.82, 2.24) is 20.9 Å². The number of carbonyl (C=O) groups is 4. The molecular formula is C20H26Cl2N4O5. The van der Waals surface area contributed by atoms with Crippen LogP contribution in [0.15, 0.2) is 6.07 Å². The van der Waals surface area contributed by atoms with Crippen molar-refractivity contribution in [2.45, 2.75) is 50.6 Å². The molecule has 2 fully saturated rings. The molecule has 0 aromatic carbocycles. The molecule has 0 radical (unpaired) electrons. The number of piperidine rings is 1. The number of rotatable bonds is 9. The van der Waals surface area contributed by atoms with Crippen LogP contribution in [0.25, 0.3) is 0 Å². The number of ether oxygens (including phenoxy) is 1. The molecule has 3 atom stereocenters. The van der Waals surface area contributed by atoms with E-state index in [2.05, 4.69) is 20.9 Å². The SMILES string of the molecule is COC(=O)[C@H](C[C@@H]1CCCNC1=O)NC(=O)[C@H](CC1CC1)NC(=O)c1cc(Cl)c(Cl)[nH]1. The van der Waals surface area contributed by atoms with Crippen molar-refractivity contribution in [2.24, 2.45) is 11.8 Å². The van der Waals surface area contributed by atoms with Crippen molar-refractivity contribution < 1.29 is 23.9 Å². The molecule has 1 saturated carbocycles. The molecule has 1 aliphatic carbocycles. The third-order valence-corrected chi connectivity index (χ3v) is 6.27. The Morgan fingerprint density at radius 2 is 1.90 bits per heavy atom. The van der Waals surface area contributed by atoms with Gasteiger partial charge in [0.15, 0.2) is 0 Å². The van der Waals surface area contributed by atoms with E-state index >= 15 is 0 Å². The van der Waals surface area contributed by atoms with Gasteiger partial charge in [0.05, 0.1) is 12.1 Å². The number of aromatic amines is 1. The van der Waals surface area contributed by atoms with E-state index in [9.17, 15) is 19.2 Å². The van der Waals surface area contributed by atoms with E-state index in [-0.39, 0.29) is 28.2 Å². The fraction of sp³-hybridized carbons (Fsp3) is 0.600. The molecule has 1 aromatic heterocycles. The van der Waals surface area contributed by atoms with Gasteiger partial charge in [-0.3, -0.25) is 14.4 Å². The standard InChI is InChI=1S/C20H26Cl2N4O5/c1-31-20(30)15(8-11-3-2-6-23-17(11)27)26-18(28)13(7-10-4-5-10)25-19(29)14-9-12(21)16(22)24-14/h9-11,13,15,24H,2-8H2,1H3,(H,23,27)(H,25,29)(H,26,28)/t11-,13-,15-/m0/s1. The van der Waals surface area contributed by atoms with E-state index in [1.807, 2.05) is 0 Å². The van der Waals surface area contributed by atoms with Crippen LogP contribution in [0, 0.1) is 11.8 Å². The Hall–Kier alpha value is -2.26. The lowest BCUT2D eigenvalue weighted by atomic mass is 9.91. The van der Waals surface area contributed by atoms with Gasteiger partial charge in [-0.15, -0.1) is 0 Å². The Morgan fingerprint density at radius 3 is 2.48 bits per heavy atom. The molecule has 11 heteroatoms. The molecule has 170 valence electrons. The first-order valence-corrected chi connectivity index (χ1v) is 11.0. The zero-order valence-electron chi connectivity index (χ0n) is 17.1. The van der Waals surface area contributed by atoms with Crippen molar-refractivity contribution >= 4 is 46.9 Å². The Morgan fingerprint density at radius 1 is 1.16 bits per heavy atom. The van der Waals surface area contributed by atoms with Crippen LogP contribution in [-0.4, -0.2) is 54.4 Å². The van der Waals surface area contributed by atoms with Crippen molar-refractivity contribution in [2.75, 3.05) is 13.7 Å². The van der Waals surface area contributed by atoms with Crippen LogP contribution in [0.4, 0.5) is 0 Å². The molecule has 9 nitrogen and oxygen atoms in total. The van der Waals surface area contributed by atoms with Crippen LogP contribution in [0.1, 0.15) is 49.0 Å².